The molecular weight excluding hydrogens is 132 g/mol. The number of hydrogen-bond acceptors (Lipinski definition) is 0. The maximum atomic E-state index is 8.22. The Hall–Kier alpha value is -0.780. The van der Waals surface area contributed by atoms with E-state index in [1.165, 1.54) is 5.56 Å². The quantitative estimate of drug-likeness (QED) is 0.574. The van der Waals surface area contributed by atoms with E-state index in [0.29, 0.717) is 6.04 Å². The zero-order chi connectivity index (χ0) is 9.47. The smallest absolute Gasteiger partial charge is 0.0623 e. The summed E-state index contributed by atoms with van der Waals surface area (Å²) >= 11 is 0. The van der Waals surface area contributed by atoms with Gasteiger partial charge in [0.05, 0.1) is 1.37 Å². The van der Waals surface area contributed by atoms with Gasteiger partial charge in [0.25, 0.3) is 0 Å². The Bertz CT molecular complexity index is 333. The second-order valence-corrected chi connectivity index (χ2v) is 3.04. The van der Waals surface area contributed by atoms with E-state index in [4.69, 9.17) is 2.74 Å². The molecule has 0 amide bonds. The highest BCUT2D eigenvalue weighted by Crippen LogP contribution is 2.34. The van der Waals surface area contributed by atoms with Crippen LogP contribution in [0.25, 0.3) is 0 Å². The van der Waals surface area contributed by atoms with E-state index in [1.54, 1.807) is 0 Å². The molecule has 0 bridgehead atoms. The molecule has 2 rings (SSSR count). The van der Waals surface area contributed by atoms with Crippen LogP contribution in [0.2, 0.25) is 0 Å². The number of aryl methyl sites for hydroxylation is 1. The molecule has 0 saturated carbocycles. The van der Waals surface area contributed by atoms with Crippen LogP contribution in [0.4, 0.5) is 0 Å². The molecule has 1 aliphatic carbocycles. The second kappa shape index (κ2) is 2.69. The van der Waals surface area contributed by atoms with Crippen molar-refractivity contribution in [3.63, 3.8) is 0 Å². The largest absolute Gasteiger partial charge is 0.0648 e. The number of hydrogen-bond donors (Lipinski definition) is 0. The normalized spacial score (nSPS) is 31.0. The average molecular weight is 148 g/mol. The fourth-order valence-electron chi connectivity index (χ4n) is 1.80. The molecule has 1 aromatic rings. The summed E-state index contributed by atoms with van der Waals surface area (Å²) in [4.78, 5) is 0. The lowest BCUT2D eigenvalue weighted by Gasteiger charge is -2.06. The summed E-state index contributed by atoms with van der Waals surface area (Å²) in [5.74, 6) is -0.410. The molecule has 0 saturated heterocycles. The predicted octanol–water partition coefficient (Wildman–Crippen LogP) is 3.13. The Kier molecular flexibility index (Phi) is 1.22. The van der Waals surface area contributed by atoms with Gasteiger partial charge in [0.1, 0.15) is 0 Å². The third kappa shape index (κ3) is 1.07. The van der Waals surface area contributed by atoms with Gasteiger partial charge >= 0.3 is 0 Å². The second-order valence-electron chi connectivity index (χ2n) is 3.04. The number of benzene rings is 1. The molecule has 58 valence electrons. The van der Waals surface area contributed by atoms with Crippen LogP contribution in [0.3, 0.4) is 0 Å². The first-order valence-corrected chi connectivity index (χ1v) is 4.26. The molecule has 1 unspecified atom stereocenters. The monoisotopic (exact) mass is 148 g/mol. The summed E-state index contributed by atoms with van der Waals surface area (Å²) in [7, 11) is 0. The molecule has 0 heteroatoms. The average Bonchev–Trinajstić information content (AvgIpc) is 2.45. The fourth-order valence-corrected chi connectivity index (χ4v) is 1.80. The Balaban J connectivity index is 2.52. The van der Waals surface area contributed by atoms with E-state index in [1.807, 2.05) is 18.2 Å². The molecule has 11 heavy (non-hydrogen) atoms. The van der Waals surface area contributed by atoms with Gasteiger partial charge in [-0.15, -0.1) is 0 Å². The van der Waals surface area contributed by atoms with E-state index >= 15 is 0 Å². The van der Waals surface area contributed by atoms with Crippen molar-refractivity contribution in [3.8, 4) is 0 Å². The van der Waals surface area contributed by atoms with Crippen LogP contribution in [-0.2, 0) is 6.42 Å². The Labute approximate surface area is 71.1 Å². The molecule has 0 spiro atoms. The zero-order valence-corrected chi connectivity index (χ0v) is 6.85. The van der Waals surface area contributed by atoms with Gasteiger partial charge in [-0.25, -0.2) is 0 Å². The number of rotatable bonds is 1. The van der Waals surface area contributed by atoms with Gasteiger partial charge < -0.3 is 0 Å². The van der Waals surface area contributed by atoms with Crippen LogP contribution in [0, 0.1) is 0 Å². The Morgan fingerprint density at radius 2 is 2.64 bits per heavy atom. The van der Waals surface area contributed by atoms with E-state index < -0.39 is 5.89 Å². The molecule has 1 aliphatic rings. The lowest BCUT2D eigenvalue weighted by Crippen LogP contribution is -1.88. The molecule has 0 heterocycles. The minimum atomic E-state index is -0.410. The summed E-state index contributed by atoms with van der Waals surface area (Å²) in [6.45, 7) is 2.05. The van der Waals surface area contributed by atoms with Crippen molar-refractivity contribution in [2.75, 3.05) is 0 Å². The van der Waals surface area contributed by atoms with Crippen LogP contribution in [0.15, 0.2) is 24.2 Å². The first kappa shape index (κ1) is 4.97. The van der Waals surface area contributed by atoms with Gasteiger partial charge in [0, 0.05) is 1.37 Å². The lowest BCUT2D eigenvalue weighted by molar-refractivity contribution is 0.656. The topological polar surface area (TPSA) is 0 Å². The predicted molar refractivity (Wildman–Crippen MR) is 47.8 cm³/mol. The molecule has 0 aromatic heterocycles. The van der Waals surface area contributed by atoms with Crippen LogP contribution in [0.1, 0.15) is 39.5 Å². The van der Waals surface area contributed by atoms with Crippen molar-refractivity contribution in [1.29, 1.82) is 0 Å². The summed E-state index contributed by atoms with van der Waals surface area (Å²) in [5, 5.41) is 0. The van der Waals surface area contributed by atoms with Crippen molar-refractivity contribution in [2.45, 2.75) is 32.1 Å². The zero-order valence-electron chi connectivity index (χ0n) is 8.85. The van der Waals surface area contributed by atoms with Crippen molar-refractivity contribution >= 4 is 0 Å². The first-order chi connectivity index (χ1) is 6.15. The van der Waals surface area contributed by atoms with E-state index in [9.17, 15) is 0 Å². The van der Waals surface area contributed by atoms with Gasteiger partial charge in [-0.05, 0) is 36.3 Å². The van der Waals surface area contributed by atoms with Gasteiger partial charge in [0.15, 0.2) is 0 Å². The maximum absolute atomic E-state index is 8.22. The summed E-state index contributed by atoms with van der Waals surface area (Å²) in [6, 6.07) is 6.22. The fraction of sp³-hybridized carbons (Fsp3) is 0.455. The molecular formula is C11H14. The lowest BCUT2D eigenvalue weighted by atomic mass is 9.99. The molecule has 0 N–H and O–H groups in total. The Morgan fingerprint density at radius 1 is 1.73 bits per heavy atom. The maximum Gasteiger partial charge on any atom is 0.0623 e. The van der Waals surface area contributed by atoms with Crippen LogP contribution in [-0.4, -0.2) is 0 Å². The van der Waals surface area contributed by atoms with Crippen molar-refractivity contribution in [3.05, 3.63) is 35.4 Å². The van der Waals surface area contributed by atoms with E-state index in [-0.39, 0.29) is 0 Å². The van der Waals surface area contributed by atoms with Crippen molar-refractivity contribution in [2.24, 2.45) is 0 Å². The minimum Gasteiger partial charge on any atom is -0.0648 e. The highest BCUT2D eigenvalue weighted by atomic mass is 14.2. The van der Waals surface area contributed by atoms with Crippen LogP contribution in [0.5, 0.6) is 0 Å². The SMILES string of the molecule is [2H]c1ccc2c(c1)C([2H])(CC)CC2. The third-order valence-corrected chi connectivity index (χ3v) is 2.46. The molecule has 0 fully saturated rings. The number of fused-ring (bicyclic) bond motifs is 1. The van der Waals surface area contributed by atoms with Gasteiger partial charge in [-0.2, -0.15) is 0 Å². The van der Waals surface area contributed by atoms with Gasteiger partial charge in [0.2, 0.25) is 0 Å². The highest BCUT2D eigenvalue weighted by Gasteiger charge is 2.19. The van der Waals surface area contributed by atoms with E-state index in [0.717, 1.165) is 24.8 Å². The standard InChI is InChI=1S/C11H14/c1-2-9-7-8-10-5-3-4-6-11(9)10/h3-6,9H,2,7-8H2,1H3/i4D,9D. The minimum absolute atomic E-state index is 0.410. The molecule has 0 aliphatic heterocycles. The Morgan fingerprint density at radius 3 is 3.45 bits per heavy atom. The van der Waals surface area contributed by atoms with Crippen LogP contribution < -0.4 is 0 Å². The van der Waals surface area contributed by atoms with Crippen LogP contribution >= 0.6 is 0 Å². The van der Waals surface area contributed by atoms with Gasteiger partial charge in [-0.1, -0.05) is 31.2 Å². The highest BCUT2D eigenvalue weighted by molar-refractivity contribution is 5.34. The molecule has 1 aromatic carbocycles. The van der Waals surface area contributed by atoms with Crippen molar-refractivity contribution < 1.29 is 2.74 Å². The molecule has 0 nitrogen and oxygen atoms in total. The summed E-state index contributed by atoms with van der Waals surface area (Å²) in [5.41, 5.74) is 2.36. The van der Waals surface area contributed by atoms with Gasteiger partial charge in [-0.3, -0.25) is 0 Å². The molecule has 1 atom stereocenters. The van der Waals surface area contributed by atoms with Crippen molar-refractivity contribution in [1.82, 2.24) is 0 Å². The summed E-state index contributed by atoms with van der Waals surface area (Å²) < 4.78 is 15.8. The van der Waals surface area contributed by atoms with E-state index in [2.05, 4.69) is 6.92 Å². The first-order valence-electron chi connectivity index (χ1n) is 5.26. The molecule has 0 radical (unpaired) electrons. The summed E-state index contributed by atoms with van der Waals surface area (Å²) in [6.07, 6.45) is 2.78. The third-order valence-electron chi connectivity index (χ3n) is 2.46.